The Morgan fingerprint density at radius 1 is 1.08 bits per heavy atom. The topological polar surface area (TPSA) is 30.3 Å². The van der Waals surface area contributed by atoms with Crippen LogP contribution in [-0.2, 0) is 0 Å². The molecule has 68 valence electrons. The molecule has 12 heavy (non-hydrogen) atoms. The second-order valence-corrected chi connectivity index (χ2v) is 4.24. The molecule has 0 aromatic rings. The SMILES string of the molecule is CC(C)(C)N1CCN(C#N)CC1. The minimum absolute atomic E-state index is 0.252. The first kappa shape index (κ1) is 9.34. The highest BCUT2D eigenvalue weighted by atomic mass is 15.3. The summed E-state index contributed by atoms with van der Waals surface area (Å²) in [4.78, 5) is 4.24. The Morgan fingerprint density at radius 3 is 1.92 bits per heavy atom. The lowest BCUT2D eigenvalue weighted by molar-refractivity contribution is 0.0841. The van der Waals surface area contributed by atoms with Gasteiger partial charge in [0.15, 0.2) is 6.19 Å². The monoisotopic (exact) mass is 167 g/mol. The van der Waals surface area contributed by atoms with Gasteiger partial charge in [0.2, 0.25) is 0 Å². The van der Waals surface area contributed by atoms with Crippen molar-refractivity contribution in [1.29, 1.82) is 5.26 Å². The maximum Gasteiger partial charge on any atom is 0.179 e. The lowest BCUT2D eigenvalue weighted by atomic mass is 10.1. The number of nitriles is 1. The van der Waals surface area contributed by atoms with Crippen molar-refractivity contribution in [3.8, 4) is 6.19 Å². The zero-order valence-corrected chi connectivity index (χ0v) is 8.17. The molecule has 1 rings (SSSR count). The number of hydrogen-bond donors (Lipinski definition) is 0. The van der Waals surface area contributed by atoms with Crippen molar-refractivity contribution >= 4 is 0 Å². The molecule has 3 nitrogen and oxygen atoms in total. The van der Waals surface area contributed by atoms with Crippen LogP contribution in [-0.4, -0.2) is 41.5 Å². The molecular weight excluding hydrogens is 150 g/mol. The van der Waals surface area contributed by atoms with Gasteiger partial charge in [0.1, 0.15) is 0 Å². The van der Waals surface area contributed by atoms with Crippen LogP contribution in [0.15, 0.2) is 0 Å². The largest absolute Gasteiger partial charge is 0.308 e. The second-order valence-electron chi connectivity index (χ2n) is 4.24. The molecule has 1 fully saturated rings. The third-order valence-corrected chi connectivity index (χ3v) is 2.37. The smallest absolute Gasteiger partial charge is 0.179 e. The highest BCUT2D eigenvalue weighted by Gasteiger charge is 2.24. The molecule has 0 atom stereocenters. The van der Waals surface area contributed by atoms with Gasteiger partial charge in [-0.25, -0.2) is 0 Å². The van der Waals surface area contributed by atoms with Gasteiger partial charge in [0.05, 0.1) is 0 Å². The second kappa shape index (κ2) is 3.32. The van der Waals surface area contributed by atoms with Crippen molar-refractivity contribution in [2.24, 2.45) is 0 Å². The number of piperazine rings is 1. The fourth-order valence-electron chi connectivity index (χ4n) is 1.48. The first-order chi connectivity index (χ1) is 5.54. The number of rotatable bonds is 0. The van der Waals surface area contributed by atoms with Gasteiger partial charge in [-0.15, -0.1) is 0 Å². The molecule has 1 heterocycles. The van der Waals surface area contributed by atoms with Crippen LogP contribution >= 0.6 is 0 Å². The summed E-state index contributed by atoms with van der Waals surface area (Å²) in [5.74, 6) is 0. The minimum Gasteiger partial charge on any atom is -0.308 e. The van der Waals surface area contributed by atoms with Gasteiger partial charge in [0, 0.05) is 31.7 Å². The van der Waals surface area contributed by atoms with Crippen molar-refractivity contribution in [1.82, 2.24) is 9.80 Å². The van der Waals surface area contributed by atoms with Crippen LogP contribution in [0.4, 0.5) is 0 Å². The Hall–Kier alpha value is -0.750. The van der Waals surface area contributed by atoms with Crippen LogP contribution in [0.2, 0.25) is 0 Å². The van der Waals surface area contributed by atoms with Gasteiger partial charge >= 0.3 is 0 Å². The summed E-state index contributed by atoms with van der Waals surface area (Å²) in [5.41, 5.74) is 0.252. The van der Waals surface area contributed by atoms with Crippen molar-refractivity contribution in [2.75, 3.05) is 26.2 Å². The van der Waals surface area contributed by atoms with E-state index in [1.165, 1.54) is 0 Å². The van der Waals surface area contributed by atoms with E-state index in [4.69, 9.17) is 5.26 Å². The fraction of sp³-hybridized carbons (Fsp3) is 0.889. The van der Waals surface area contributed by atoms with E-state index in [-0.39, 0.29) is 5.54 Å². The highest BCUT2D eigenvalue weighted by Crippen LogP contribution is 2.14. The van der Waals surface area contributed by atoms with Crippen molar-refractivity contribution in [3.63, 3.8) is 0 Å². The molecular formula is C9H17N3. The molecule has 0 amide bonds. The van der Waals surface area contributed by atoms with E-state index in [1.54, 1.807) is 0 Å². The molecule has 0 bridgehead atoms. The minimum atomic E-state index is 0.252. The van der Waals surface area contributed by atoms with Crippen LogP contribution in [0.5, 0.6) is 0 Å². The normalized spacial score (nSPS) is 20.7. The third kappa shape index (κ3) is 2.12. The van der Waals surface area contributed by atoms with Crippen molar-refractivity contribution in [2.45, 2.75) is 26.3 Å². The van der Waals surface area contributed by atoms with Crippen LogP contribution in [0, 0.1) is 11.5 Å². The maximum absolute atomic E-state index is 8.64. The van der Waals surface area contributed by atoms with E-state index in [0.717, 1.165) is 26.2 Å². The van der Waals surface area contributed by atoms with Crippen LogP contribution in [0.25, 0.3) is 0 Å². The third-order valence-electron chi connectivity index (χ3n) is 2.37. The summed E-state index contributed by atoms with van der Waals surface area (Å²) in [7, 11) is 0. The lowest BCUT2D eigenvalue weighted by Crippen LogP contribution is -2.52. The van der Waals surface area contributed by atoms with Gasteiger partial charge in [-0.2, -0.15) is 5.26 Å². The Labute approximate surface area is 74.6 Å². The molecule has 0 aliphatic carbocycles. The van der Waals surface area contributed by atoms with E-state index in [9.17, 15) is 0 Å². The molecule has 0 aromatic heterocycles. The molecule has 0 radical (unpaired) electrons. The Morgan fingerprint density at radius 2 is 1.58 bits per heavy atom. The summed E-state index contributed by atoms with van der Waals surface area (Å²) in [5, 5.41) is 8.64. The fourth-order valence-corrected chi connectivity index (χ4v) is 1.48. The summed E-state index contributed by atoms with van der Waals surface area (Å²) in [6, 6.07) is 0. The van der Waals surface area contributed by atoms with Crippen molar-refractivity contribution in [3.05, 3.63) is 0 Å². The molecule has 1 saturated heterocycles. The highest BCUT2D eigenvalue weighted by molar-refractivity contribution is 4.86. The number of hydrogen-bond acceptors (Lipinski definition) is 3. The Bertz CT molecular complexity index is 179. The van der Waals surface area contributed by atoms with Gasteiger partial charge in [-0.05, 0) is 20.8 Å². The lowest BCUT2D eigenvalue weighted by Gasteiger charge is -2.40. The molecule has 0 saturated carbocycles. The van der Waals surface area contributed by atoms with E-state index < -0.39 is 0 Å². The predicted octanol–water partition coefficient (Wildman–Crippen LogP) is 0.884. The molecule has 1 aliphatic rings. The molecule has 3 heteroatoms. The van der Waals surface area contributed by atoms with Crippen LogP contribution in [0.3, 0.4) is 0 Å². The first-order valence-electron chi connectivity index (χ1n) is 4.44. The number of nitrogens with zero attached hydrogens (tertiary/aromatic N) is 3. The summed E-state index contributed by atoms with van der Waals surface area (Å²) in [6.45, 7) is 10.4. The van der Waals surface area contributed by atoms with E-state index >= 15 is 0 Å². The van der Waals surface area contributed by atoms with Gasteiger partial charge in [-0.1, -0.05) is 0 Å². The zero-order chi connectivity index (χ0) is 9.19. The van der Waals surface area contributed by atoms with Crippen LogP contribution < -0.4 is 0 Å². The Kier molecular flexibility index (Phi) is 2.58. The standard InChI is InChI=1S/C9H17N3/c1-9(2,3)12-6-4-11(8-10)5-7-12/h4-7H2,1-3H3. The predicted molar refractivity (Wildman–Crippen MR) is 48.5 cm³/mol. The first-order valence-corrected chi connectivity index (χ1v) is 4.44. The van der Waals surface area contributed by atoms with E-state index in [2.05, 4.69) is 31.9 Å². The van der Waals surface area contributed by atoms with Gasteiger partial charge in [0.25, 0.3) is 0 Å². The van der Waals surface area contributed by atoms with Gasteiger partial charge in [-0.3, -0.25) is 4.90 Å². The van der Waals surface area contributed by atoms with Gasteiger partial charge < -0.3 is 4.90 Å². The zero-order valence-electron chi connectivity index (χ0n) is 8.17. The average molecular weight is 167 g/mol. The van der Waals surface area contributed by atoms with Crippen LogP contribution in [0.1, 0.15) is 20.8 Å². The molecule has 0 unspecified atom stereocenters. The molecule has 0 N–H and O–H groups in total. The quantitative estimate of drug-likeness (QED) is 0.502. The summed E-state index contributed by atoms with van der Waals surface area (Å²) in [6.07, 6.45) is 2.18. The maximum atomic E-state index is 8.64. The molecule has 1 aliphatic heterocycles. The average Bonchev–Trinajstić information content (AvgIpc) is 2.03. The summed E-state index contributed by atoms with van der Waals surface area (Å²) >= 11 is 0. The van der Waals surface area contributed by atoms with E-state index in [1.807, 2.05) is 4.90 Å². The molecule has 0 aromatic carbocycles. The Balaban J connectivity index is 2.42. The molecule has 0 spiro atoms. The van der Waals surface area contributed by atoms with Crippen molar-refractivity contribution < 1.29 is 0 Å². The summed E-state index contributed by atoms with van der Waals surface area (Å²) < 4.78 is 0. The van der Waals surface area contributed by atoms with E-state index in [0.29, 0.717) is 0 Å².